The Hall–Kier alpha value is -2.88. The van der Waals surface area contributed by atoms with Crippen LogP contribution in [0, 0.1) is 11.3 Å². The van der Waals surface area contributed by atoms with Gasteiger partial charge in [-0.2, -0.15) is 5.26 Å². The van der Waals surface area contributed by atoms with Crippen molar-refractivity contribution in [1.29, 1.82) is 5.26 Å². The summed E-state index contributed by atoms with van der Waals surface area (Å²) in [6, 6.07) is 24.0. The highest BCUT2D eigenvalue weighted by molar-refractivity contribution is 8.00. The van der Waals surface area contributed by atoms with Crippen molar-refractivity contribution in [2.24, 2.45) is 0 Å². The highest BCUT2D eigenvalue weighted by Gasteiger charge is 2.17. The van der Waals surface area contributed by atoms with E-state index in [0.717, 1.165) is 16.0 Å². The van der Waals surface area contributed by atoms with Crippen LogP contribution in [0.2, 0.25) is 0 Å². The summed E-state index contributed by atoms with van der Waals surface area (Å²) in [4.78, 5) is 19.1. The molecule has 4 aromatic rings. The Morgan fingerprint density at radius 2 is 1.82 bits per heavy atom. The Kier molecular flexibility index (Phi) is 5.29. The topological polar surface area (TPSA) is 58.7 Å². The molecule has 0 amide bonds. The van der Waals surface area contributed by atoms with Crippen molar-refractivity contribution in [2.75, 3.05) is 0 Å². The second-order valence-corrected chi connectivity index (χ2v) is 8.71. The summed E-state index contributed by atoms with van der Waals surface area (Å²) in [7, 11) is 0. The molecule has 0 spiro atoms. The molecule has 1 atom stereocenters. The van der Waals surface area contributed by atoms with E-state index in [4.69, 9.17) is 4.98 Å². The first kappa shape index (κ1) is 18.5. The molecule has 0 radical (unpaired) electrons. The third kappa shape index (κ3) is 3.72. The van der Waals surface area contributed by atoms with Crippen LogP contribution in [-0.4, -0.2) is 14.8 Å². The fourth-order valence-corrected chi connectivity index (χ4v) is 4.76. The minimum absolute atomic E-state index is 0.0614. The van der Waals surface area contributed by atoms with Crippen LogP contribution in [0.4, 0.5) is 0 Å². The second-order valence-electron chi connectivity index (χ2n) is 6.35. The fraction of sp³-hybridized carbons (Fsp3) is 0.136. The molecule has 0 saturated carbocycles. The number of nitrogens with zero attached hydrogens (tertiary/aromatic N) is 3. The number of hydrogen-bond donors (Lipinski definition) is 0. The first-order chi connectivity index (χ1) is 13.7. The molecular formula is C22H17N3OS2. The molecule has 0 aliphatic carbocycles. The third-order valence-electron chi connectivity index (χ3n) is 4.30. The standard InChI is InChI=1S/C22H17N3OS2/c1-15(13-23)27-22-24-18-12-19(17-10-6-3-7-11-17)28-20(18)21(26)25(22)14-16-8-4-2-5-9-16/h2-12,15H,14H2,1H3. The van der Waals surface area contributed by atoms with E-state index in [9.17, 15) is 10.1 Å². The Morgan fingerprint density at radius 3 is 2.50 bits per heavy atom. The van der Waals surface area contributed by atoms with E-state index in [0.29, 0.717) is 21.9 Å². The van der Waals surface area contributed by atoms with Gasteiger partial charge in [0.25, 0.3) is 5.56 Å². The van der Waals surface area contributed by atoms with Crippen molar-refractivity contribution >= 4 is 33.3 Å². The largest absolute Gasteiger partial charge is 0.282 e. The van der Waals surface area contributed by atoms with E-state index in [1.165, 1.54) is 23.1 Å². The Bertz CT molecular complexity index is 1210. The van der Waals surface area contributed by atoms with Crippen LogP contribution in [0.1, 0.15) is 12.5 Å². The summed E-state index contributed by atoms with van der Waals surface area (Å²) in [5.41, 5.74) is 2.72. The van der Waals surface area contributed by atoms with Gasteiger partial charge in [-0.1, -0.05) is 72.4 Å². The van der Waals surface area contributed by atoms with E-state index in [2.05, 4.69) is 6.07 Å². The highest BCUT2D eigenvalue weighted by Crippen LogP contribution is 2.32. The number of hydrogen-bond acceptors (Lipinski definition) is 5. The van der Waals surface area contributed by atoms with E-state index in [1.54, 1.807) is 4.57 Å². The zero-order valence-electron chi connectivity index (χ0n) is 15.2. The van der Waals surface area contributed by atoms with Gasteiger partial charge >= 0.3 is 0 Å². The zero-order valence-corrected chi connectivity index (χ0v) is 16.8. The lowest BCUT2D eigenvalue weighted by molar-refractivity contribution is 0.659. The third-order valence-corrected chi connectivity index (χ3v) is 6.45. The van der Waals surface area contributed by atoms with E-state index >= 15 is 0 Å². The van der Waals surface area contributed by atoms with E-state index in [1.807, 2.05) is 73.7 Å². The lowest BCUT2D eigenvalue weighted by atomic mass is 10.2. The number of benzene rings is 2. The minimum Gasteiger partial charge on any atom is -0.282 e. The molecule has 0 fully saturated rings. The summed E-state index contributed by atoms with van der Waals surface area (Å²) < 4.78 is 2.32. The molecule has 2 aromatic carbocycles. The van der Waals surface area contributed by atoms with Gasteiger partial charge in [-0.05, 0) is 24.1 Å². The predicted octanol–water partition coefficient (Wildman–Crippen LogP) is 5.18. The number of nitriles is 1. The molecule has 0 bridgehead atoms. The summed E-state index contributed by atoms with van der Waals surface area (Å²) >= 11 is 2.78. The summed E-state index contributed by atoms with van der Waals surface area (Å²) in [6.45, 7) is 2.25. The molecular weight excluding hydrogens is 386 g/mol. The van der Waals surface area contributed by atoms with Crippen LogP contribution < -0.4 is 5.56 Å². The molecule has 28 heavy (non-hydrogen) atoms. The van der Waals surface area contributed by atoms with Gasteiger partial charge in [0.1, 0.15) is 4.70 Å². The molecule has 4 rings (SSSR count). The number of fused-ring (bicyclic) bond motifs is 1. The summed E-state index contributed by atoms with van der Waals surface area (Å²) in [5, 5.41) is 9.51. The second kappa shape index (κ2) is 8.01. The van der Waals surface area contributed by atoms with Crippen molar-refractivity contribution in [3.8, 4) is 16.5 Å². The SMILES string of the molecule is CC(C#N)Sc1nc2cc(-c3ccccc3)sc2c(=O)n1Cc1ccccc1. The maximum absolute atomic E-state index is 13.3. The predicted molar refractivity (Wildman–Crippen MR) is 116 cm³/mol. The van der Waals surface area contributed by atoms with Gasteiger partial charge < -0.3 is 0 Å². The molecule has 6 heteroatoms. The quantitative estimate of drug-likeness (QED) is 0.340. The van der Waals surface area contributed by atoms with E-state index in [-0.39, 0.29) is 10.8 Å². The monoisotopic (exact) mass is 403 g/mol. The summed E-state index contributed by atoms with van der Waals surface area (Å²) in [6.07, 6.45) is 0. The lowest BCUT2D eigenvalue weighted by Crippen LogP contribution is -2.23. The average molecular weight is 404 g/mol. The fourth-order valence-electron chi connectivity index (χ4n) is 2.92. The van der Waals surface area contributed by atoms with Crippen LogP contribution in [-0.2, 0) is 6.54 Å². The van der Waals surface area contributed by atoms with Gasteiger partial charge in [0.2, 0.25) is 0 Å². The van der Waals surface area contributed by atoms with Crippen LogP contribution >= 0.6 is 23.1 Å². The van der Waals surface area contributed by atoms with Gasteiger partial charge in [-0.3, -0.25) is 9.36 Å². The zero-order chi connectivity index (χ0) is 19.5. The molecule has 0 saturated heterocycles. The van der Waals surface area contributed by atoms with Gasteiger partial charge in [-0.25, -0.2) is 4.98 Å². The molecule has 2 aromatic heterocycles. The molecule has 0 aliphatic rings. The number of thiophene rings is 1. The lowest BCUT2D eigenvalue weighted by Gasteiger charge is -2.12. The van der Waals surface area contributed by atoms with Crippen molar-refractivity contribution in [3.05, 3.63) is 82.6 Å². The number of aromatic nitrogens is 2. The molecule has 0 aliphatic heterocycles. The molecule has 0 N–H and O–H groups in total. The van der Waals surface area contributed by atoms with Crippen molar-refractivity contribution < 1.29 is 0 Å². The molecule has 4 nitrogen and oxygen atoms in total. The maximum atomic E-state index is 13.3. The van der Waals surface area contributed by atoms with Crippen molar-refractivity contribution in [1.82, 2.24) is 9.55 Å². The number of thioether (sulfide) groups is 1. The van der Waals surface area contributed by atoms with Crippen LogP contribution in [0.15, 0.2) is 76.7 Å². The van der Waals surface area contributed by atoms with Gasteiger partial charge in [0.05, 0.1) is 23.4 Å². The smallest absolute Gasteiger partial charge is 0.272 e. The molecule has 1 unspecified atom stereocenters. The molecule has 138 valence electrons. The minimum atomic E-state index is -0.293. The van der Waals surface area contributed by atoms with Crippen molar-refractivity contribution in [2.45, 2.75) is 23.9 Å². The first-order valence-electron chi connectivity index (χ1n) is 8.85. The van der Waals surface area contributed by atoms with Gasteiger partial charge in [-0.15, -0.1) is 11.3 Å². The van der Waals surface area contributed by atoms with Crippen LogP contribution in [0.25, 0.3) is 20.7 Å². The van der Waals surface area contributed by atoms with E-state index < -0.39 is 0 Å². The van der Waals surface area contributed by atoms with Crippen LogP contribution in [0.5, 0.6) is 0 Å². The Labute approximate surface area is 171 Å². The normalized spacial score (nSPS) is 12.0. The summed E-state index contributed by atoms with van der Waals surface area (Å²) in [5.74, 6) is 0. The first-order valence-corrected chi connectivity index (χ1v) is 10.6. The van der Waals surface area contributed by atoms with Gasteiger partial charge in [0, 0.05) is 4.88 Å². The van der Waals surface area contributed by atoms with Gasteiger partial charge in [0.15, 0.2) is 5.16 Å². The molecule has 2 heterocycles. The average Bonchev–Trinajstić information content (AvgIpc) is 3.16. The number of rotatable bonds is 5. The maximum Gasteiger partial charge on any atom is 0.272 e. The van der Waals surface area contributed by atoms with Crippen LogP contribution in [0.3, 0.4) is 0 Å². The Balaban J connectivity index is 1.87. The van der Waals surface area contributed by atoms with Crippen molar-refractivity contribution in [3.63, 3.8) is 0 Å². The Morgan fingerprint density at radius 1 is 1.14 bits per heavy atom. The highest BCUT2D eigenvalue weighted by atomic mass is 32.2.